The van der Waals surface area contributed by atoms with Crippen molar-refractivity contribution in [3.05, 3.63) is 33.8 Å². The Kier molecular flexibility index (Phi) is 4.44. The zero-order valence-electron chi connectivity index (χ0n) is 11.1. The minimum Gasteiger partial charge on any atom is -0.339 e. The quantitative estimate of drug-likeness (QED) is 0.822. The minimum absolute atomic E-state index is 0.170. The summed E-state index contributed by atoms with van der Waals surface area (Å²) in [4.78, 5) is 14.5. The first kappa shape index (κ1) is 13.6. The zero-order chi connectivity index (χ0) is 13.1. The van der Waals surface area contributed by atoms with Crippen LogP contribution < -0.4 is 0 Å². The molecule has 1 aromatic carbocycles. The van der Waals surface area contributed by atoms with E-state index in [9.17, 15) is 4.79 Å². The monoisotopic (exact) mass is 309 g/mol. The molecule has 0 unspecified atom stereocenters. The lowest BCUT2D eigenvalue weighted by Gasteiger charge is -2.32. The molecule has 0 radical (unpaired) electrons. The van der Waals surface area contributed by atoms with E-state index in [2.05, 4.69) is 22.9 Å². The first-order valence-corrected chi connectivity index (χ1v) is 7.46. The lowest BCUT2D eigenvalue weighted by atomic mass is 9.85. The van der Waals surface area contributed by atoms with Crippen LogP contribution in [0.15, 0.2) is 22.7 Å². The van der Waals surface area contributed by atoms with Crippen LogP contribution in [-0.4, -0.2) is 23.9 Å². The number of carbonyl (C=O) groups is 1. The van der Waals surface area contributed by atoms with Crippen LogP contribution in [0.2, 0.25) is 0 Å². The summed E-state index contributed by atoms with van der Waals surface area (Å²) in [6, 6.07) is 5.91. The molecule has 0 spiro atoms. The van der Waals surface area contributed by atoms with Crippen LogP contribution in [0.1, 0.15) is 42.1 Å². The van der Waals surface area contributed by atoms with Crippen LogP contribution in [0.4, 0.5) is 0 Å². The summed E-state index contributed by atoms with van der Waals surface area (Å²) in [7, 11) is 0. The minimum atomic E-state index is 0.170. The van der Waals surface area contributed by atoms with E-state index in [4.69, 9.17) is 0 Å². The van der Waals surface area contributed by atoms with Gasteiger partial charge in [-0.3, -0.25) is 4.79 Å². The maximum atomic E-state index is 12.5. The van der Waals surface area contributed by atoms with E-state index in [0.717, 1.165) is 34.6 Å². The Labute approximate surface area is 117 Å². The smallest absolute Gasteiger partial charge is 0.254 e. The molecule has 1 aliphatic rings. The Morgan fingerprint density at radius 2 is 2.17 bits per heavy atom. The first-order chi connectivity index (χ1) is 8.61. The number of hydrogen-bond donors (Lipinski definition) is 0. The van der Waals surface area contributed by atoms with Gasteiger partial charge in [-0.1, -0.05) is 28.4 Å². The maximum absolute atomic E-state index is 12.5. The topological polar surface area (TPSA) is 20.3 Å². The van der Waals surface area contributed by atoms with Gasteiger partial charge in [0.25, 0.3) is 5.91 Å². The predicted molar refractivity (Wildman–Crippen MR) is 77.8 cm³/mol. The van der Waals surface area contributed by atoms with Gasteiger partial charge in [0.2, 0.25) is 0 Å². The van der Waals surface area contributed by atoms with E-state index >= 15 is 0 Å². The molecular weight excluding hydrogens is 290 g/mol. The second-order valence-corrected chi connectivity index (χ2v) is 6.02. The van der Waals surface area contributed by atoms with E-state index in [1.54, 1.807) is 0 Å². The lowest BCUT2D eigenvalue weighted by molar-refractivity contribution is 0.0705. The Bertz CT molecular complexity index is 440. The van der Waals surface area contributed by atoms with Gasteiger partial charge in [0.05, 0.1) is 0 Å². The molecule has 0 saturated heterocycles. The van der Waals surface area contributed by atoms with Gasteiger partial charge in [-0.15, -0.1) is 0 Å². The summed E-state index contributed by atoms with van der Waals surface area (Å²) in [6.07, 6.45) is 3.88. The number of amides is 1. The van der Waals surface area contributed by atoms with E-state index in [1.807, 2.05) is 30.0 Å². The summed E-state index contributed by atoms with van der Waals surface area (Å²) in [5.41, 5.74) is 1.88. The van der Waals surface area contributed by atoms with E-state index in [1.165, 1.54) is 19.3 Å². The van der Waals surface area contributed by atoms with Gasteiger partial charge < -0.3 is 4.90 Å². The third-order valence-electron chi connectivity index (χ3n) is 3.80. The van der Waals surface area contributed by atoms with Crippen molar-refractivity contribution in [2.24, 2.45) is 5.92 Å². The van der Waals surface area contributed by atoms with Crippen LogP contribution in [0, 0.1) is 12.8 Å². The molecule has 3 heteroatoms. The van der Waals surface area contributed by atoms with Crippen LogP contribution in [0.3, 0.4) is 0 Å². The summed E-state index contributed by atoms with van der Waals surface area (Å²) < 4.78 is 0.969. The molecule has 1 amide bonds. The van der Waals surface area contributed by atoms with Crippen molar-refractivity contribution in [3.8, 4) is 0 Å². The molecule has 2 rings (SSSR count). The van der Waals surface area contributed by atoms with Gasteiger partial charge in [-0.2, -0.15) is 0 Å². The van der Waals surface area contributed by atoms with Crippen molar-refractivity contribution in [3.63, 3.8) is 0 Å². The van der Waals surface area contributed by atoms with Gasteiger partial charge in [-0.05, 0) is 50.3 Å². The second kappa shape index (κ2) is 5.87. The molecule has 1 aromatic rings. The van der Waals surface area contributed by atoms with Gasteiger partial charge >= 0.3 is 0 Å². The number of benzene rings is 1. The molecule has 0 aromatic heterocycles. The van der Waals surface area contributed by atoms with Gasteiger partial charge in [-0.25, -0.2) is 0 Å². The SMILES string of the molecule is CCN(CC1CCC1)C(=O)c1cc(Br)ccc1C. The number of aryl methyl sites for hydroxylation is 1. The number of hydrogen-bond acceptors (Lipinski definition) is 1. The van der Waals surface area contributed by atoms with Crippen LogP contribution in [0.5, 0.6) is 0 Å². The number of nitrogens with zero attached hydrogens (tertiary/aromatic N) is 1. The average molecular weight is 310 g/mol. The highest BCUT2D eigenvalue weighted by Crippen LogP contribution is 2.28. The van der Waals surface area contributed by atoms with E-state index in [-0.39, 0.29) is 5.91 Å². The standard InChI is InChI=1S/C15H20BrNO/c1-3-17(10-12-5-4-6-12)15(18)14-9-13(16)8-7-11(14)2/h7-9,12H,3-6,10H2,1-2H3. The Balaban J connectivity index is 2.14. The van der Waals surface area contributed by atoms with Gasteiger partial charge in [0.15, 0.2) is 0 Å². The summed E-state index contributed by atoms with van der Waals surface area (Å²) >= 11 is 3.44. The highest BCUT2D eigenvalue weighted by molar-refractivity contribution is 9.10. The molecular formula is C15H20BrNO. The van der Waals surface area contributed by atoms with Crippen molar-refractivity contribution < 1.29 is 4.79 Å². The predicted octanol–water partition coefficient (Wildman–Crippen LogP) is 4.02. The third kappa shape index (κ3) is 2.94. The fourth-order valence-corrected chi connectivity index (χ4v) is 2.70. The number of carbonyl (C=O) groups excluding carboxylic acids is 1. The molecule has 0 aliphatic heterocycles. The molecule has 1 aliphatic carbocycles. The molecule has 0 N–H and O–H groups in total. The van der Waals surface area contributed by atoms with Crippen molar-refractivity contribution in [2.75, 3.05) is 13.1 Å². The molecule has 0 atom stereocenters. The van der Waals surface area contributed by atoms with Crippen molar-refractivity contribution in [1.29, 1.82) is 0 Å². The molecule has 18 heavy (non-hydrogen) atoms. The van der Waals surface area contributed by atoms with Crippen molar-refractivity contribution >= 4 is 21.8 Å². The van der Waals surface area contributed by atoms with Crippen molar-refractivity contribution in [2.45, 2.75) is 33.1 Å². The maximum Gasteiger partial charge on any atom is 0.254 e. The Morgan fingerprint density at radius 1 is 1.44 bits per heavy atom. The lowest BCUT2D eigenvalue weighted by Crippen LogP contribution is -2.37. The van der Waals surface area contributed by atoms with E-state index in [0.29, 0.717) is 0 Å². The summed E-state index contributed by atoms with van der Waals surface area (Å²) in [6.45, 7) is 5.77. The van der Waals surface area contributed by atoms with Crippen molar-refractivity contribution in [1.82, 2.24) is 4.90 Å². The van der Waals surface area contributed by atoms with Crippen LogP contribution in [0.25, 0.3) is 0 Å². The first-order valence-electron chi connectivity index (χ1n) is 6.67. The highest BCUT2D eigenvalue weighted by Gasteiger charge is 2.24. The second-order valence-electron chi connectivity index (χ2n) is 5.10. The summed E-state index contributed by atoms with van der Waals surface area (Å²) in [5, 5.41) is 0. The molecule has 2 nitrogen and oxygen atoms in total. The fraction of sp³-hybridized carbons (Fsp3) is 0.533. The van der Waals surface area contributed by atoms with Crippen LogP contribution in [-0.2, 0) is 0 Å². The van der Waals surface area contributed by atoms with Crippen LogP contribution >= 0.6 is 15.9 Å². The Hall–Kier alpha value is -0.830. The molecule has 98 valence electrons. The summed E-state index contributed by atoms with van der Waals surface area (Å²) in [5.74, 6) is 0.893. The van der Waals surface area contributed by atoms with Gasteiger partial charge in [0, 0.05) is 23.1 Å². The average Bonchev–Trinajstić information content (AvgIpc) is 2.30. The molecule has 1 saturated carbocycles. The number of rotatable bonds is 4. The molecule has 1 fully saturated rings. The highest BCUT2D eigenvalue weighted by atomic mass is 79.9. The normalized spacial score (nSPS) is 15.3. The van der Waals surface area contributed by atoms with E-state index < -0.39 is 0 Å². The zero-order valence-corrected chi connectivity index (χ0v) is 12.7. The fourth-order valence-electron chi connectivity index (χ4n) is 2.34. The largest absolute Gasteiger partial charge is 0.339 e. The molecule has 0 bridgehead atoms. The Morgan fingerprint density at radius 3 is 2.72 bits per heavy atom. The number of halogens is 1. The third-order valence-corrected chi connectivity index (χ3v) is 4.30. The molecule has 0 heterocycles. The van der Waals surface area contributed by atoms with Gasteiger partial charge in [0.1, 0.15) is 0 Å².